The summed E-state index contributed by atoms with van der Waals surface area (Å²) in [6.07, 6.45) is 3.93. The number of nitrogens with one attached hydrogen (secondary N) is 1. The SMILES string of the molecule is CCS(=O)N1CCC(c2c[nH]c3c(C(N)=O)cc(-c4cccc(CN(C)CCN(C)C)c4)cc23)CC1. The van der Waals surface area contributed by atoms with E-state index in [-0.39, 0.29) is 0 Å². The number of benzene rings is 2. The first-order valence-electron chi connectivity index (χ1n) is 12.8. The molecule has 3 N–H and O–H groups in total. The predicted octanol–water partition coefficient (Wildman–Crippen LogP) is 3.79. The van der Waals surface area contributed by atoms with Gasteiger partial charge in [-0.25, -0.2) is 8.51 Å². The van der Waals surface area contributed by atoms with Crippen molar-refractivity contribution >= 4 is 27.8 Å². The third kappa shape index (κ3) is 6.06. The first-order valence-corrected chi connectivity index (χ1v) is 14.0. The number of amides is 1. The number of likely N-dealkylation sites (N-methyl/N-ethyl adjacent to an activating group) is 2. The van der Waals surface area contributed by atoms with Crippen LogP contribution in [0.15, 0.2) is 42.6 Å². The van der Waals surface area contributed by atoms with Gasteiger partial charge in [0, 0.05) is 50.1 Å². The standard InChI is InChI=1S/C28H39N5O2S/c1-5-36(35)33-11-9-21(10-12-33)26-18-30-27-24(26)16-23(17-25(27)28(29)34)22-8-6-7-20(15-22)19-32(4)14-13-31(2)3/h6-8,15-18,21,30H,5,9-14,19H2,1-4H3,(H2,29,34). The molecule has 0 spiro atoms. The lowest BCUT2D eigenvalue weighted by atomic mass is 9.88. The quantitative estimate of drug-likeness (QED) is 0.435. The molecule has 1 fully saturated rings. The molecule has 0 bridgehead atoms. The zero-order valence-electron chi connectivity index (χ0n) is 21.9. The average Bonchev–Trinajstić information content (AvgIpc) is 3.30. The van der Waals surface area contributed by atoms with Crippen LogP contribution in [0.3, 0.4) is 0 Å². The van der Waals surface area contributed by atoms with Gasteiger partial charge in [-0.1, -0.05) is 25.1 Å². The van der Waals surface area contributed by atoms with Crippen molar-refractivity contribution in [2.75, 3.05) is 53.1 Å². The molecule has 194 valence electrons. The summed E-state index contributed by atoms with van der Waals surface area (Å²) in [6, 6.07) is 12.6. The molecule has 1 amide bonds. The lowest BCUT2D eigenvalue weighted by Crippen LogP contribution is -2.35. The minimum Gasteiger partial charge on any atom is -0.366 e. The van der Waals surface area contributed by atoms with E-state index in [2.05, 4.69) is 70.6 Å². The topological polar surface area (TPSA) is 85.7 Å². The number of rotatable bonds is 10. The summed E-state index contributed by atoms with van der Waals surface area (Å²) < 4.78 is 14.3. The molecule has 0 radical (unpaired) electrons. The molecule has 1 aliphatic heterocycles. The predicted molar refractivity (Wildman–Crippen MR) is 149 cm³/mol. The van der Waals surface area contributed by atoms with Gasteiger partial charge in [0.25, 0.3) is 5.91 Å². The van der Waals surface area contributed by atoms with Crippen molar-refractivity contribution in [3.05, 3.63) is 59.3 Å². The fraction of sp³-hybridized carbons (Fsp3) is 0.464. The van der Waals surface area contributed by atoms with E-state index in [1.54, 1.807) is 0 Å². The van der Waals surface area contributed by atoms with Gasteiger partial charge in [-0.05, 0) is 80.4 Å². The van der Waals surface area contributed by atoms with Crippen LogP contribution < -0.4 is 5.73 Å². The molecule has 3 aromatic rings. The Bertz CT molecular complexity index is 1230. The molecular formula is C28H39N5O2S. The molecule has 4 rings (SSSR count). The van der Waals surface area contributed by atoms with Crippen molar-refractivity contribution in [3.63, 3.8) is 0 Å². The Balaban J connectivity index is 1.64. The van der Waals surface area contributed by atoms with E-state index in [1.165, 1.54) is 11.1 Å². The fourth-order valence-corrected chi connectivity index (χ4v) is 6.10. The van der Waals surface area contributed by atoms with Crippen LogP contribution in [0.5, 0.6) is 0 Å². The number of hydrogen-bond donors (Lipinski definition) is 2. The number of H-pyrrole nitrogens is 1. The van der Waals surface area contributed by atoms with Gasteiger partial charge >= 0.3 is 0 Å². The molecule has 0 saturated carbocycles. The molecule has 8 heteroatoms. The average molecular weight is 510 g/mol. The summed E-state index contributed by atoms with van der Waals surface area (Å²) in [4.78, 5) is 20.3. The smallest absolute Gasteiger partial charge is 0.250 e. The highest BCUT2D eigenvalue weighted by atomic mass is 32.2. The first-order chi connectivity index (χ1) is 17.3. The summed E-state index contributed by atoms with van der Waals surface area (Å²) in [6.45, 7) is 6.48. The highest BCUT2D eigenvalue weighted by Gasteiger charge is 2.26. The second-order valence-electron chi connectivity index (χ2n) is 10.1. The summed E-state index contributed by atoms with van der Waals surface area (Å²) in [5.41, 5.74) is 11.7. The van der Waals surface area contributed by atoms with E-state index in [9.17, 15) is 9.00 Å². The monoisotopic (exact) mass is 509 g/mol. The molecule has 1 aliphatic rings. The Morgan fingerprint density at radius 2 is 1.86 bits per heavy atom. The van der Waals surface area contributed by atoms with Crippen molar-refractivity contribution in [2.45, 2.75) is 32.2 Å². The first kappa shape index (κ1) is 26.5. The molecule has 1 saturated heterocycles. The van der Waals surface area contributed by atoms with Gasteiger partial charge in [0.2, 0.25) is 0 Å². The Labute approximate surface area is 217 Å². The molecule has 2 heterocycles. The maximum atomic E-state index is 12.4. The molecular weight excluding hydrogens is 470 g/mol. The number of primary amides is 1. The van der Waals surface area contributed by atoms with Crippen molar-refractivity contribution < 1.29 is 9.00 Å². The minimum absolute atomic E-state index is 0.358. The van der Waals surface area contributed by atoms with E-state index in [0.717, 1.165) is 67.6 Å². The largest absolute Gasteiger partial charge is 0.366 e. The van der Waals surface area contributed by atoms with Crippen LogP contribution in [-0.4, -0.2) is 82.3 Å². The van der Waals surface area contributed by atoms with Crippen LogP contribution in [0.1, 0.15) is 47.2 Å². The number of nitrogens with two attached hydrogens (primary N) is 1. The molecule has 1 aromatic heterocycles. The van der Waals surface area contributed by atoms with E-state index in [4.69, 9.17) is 5.73 Å². The van der Waals surface area contributed by atoms with Gasteiger partial charge < -0.3 is 20.5 Å². The van der Waals surface area contributed by atoms with Gasteiger partial charge in [0.15, 0.2) is 0 Å². The molecule has 0 aliphatic carbocycles. The Hall–Kier alpha value is -2.52. The third-order valence-electron chi connectivity index (χ3n) is 7.16. The highest BCUT2D eigenvalue weighted by molar-refractivity contribution is 7.82. The van der Waals surface area contributed by atoms with Crippen molar-refractivity contribution in [2.24, 2.45) is 5.73 Å². The van der Waals surface area contributed by atoms with Gasteiger partial charge in [-0.15, -0.1) is 0 Å². The van der Waals surface area contributed by atoms with Gasteiger partial charge in [0.1, 0.15) is 0 Å². The van der Waals surface area contributed by atoms with Gasteiger partial charge in [-0.3, -0.25) is 4.79 Å². The molecule has 36 heavy (non-hydrogen) atoms. The van der Waals surface area contributed by atoms with E-state index in [0.29, 0.717) is 17.2 Å². The van der Waals surface area contributed by atoms with Crippen LogP contribution in [0, 0.1) is 0 Å². The minimum atomic E-state index is -0.893. The van der Waals surface area contributed by atoms with Crippen LogP contribution in [-0.2, 0) is 17.5 Å². The number of carbonyl (C=O) groups is 1. The fourth-order valence-electron chi connectivity index (χ4n) is 5.12. The number of nitrogens with zero attached hydrogens (tertiary/aromatic N) is 3. The number of carbonyl (C=O) groups excluding carboxylic acids is 1. The lowest BCUT2D eigenvalue weighted by molar-refractivity contribution is 0.100. The number of piperidine rings is 1. The second kappa shape index (κ2) is 11.7. The number of aromatic nitrogens is 1. The van der Waals surface area contributed by atoms with Crippen LogP contribution in [0.4, 0.5) is 0 Å². The van der Waals surface area contributed by atoms with Crippen molar-refractivity contribution in [1.29, 1.82) is 0 Å². The summed E-state index contributed by atoms with van der Waals surface area (Å²) in [5, 5.41) is 1.06. The van der Waals surface area contributed by atoms with Crippen LogP contribution in [0.25, 0.3) is 22.0 Å². The van der Waals surface area contributed by atoms with E-state index >= 15 is 0 Å². The Kier molecular flexibility index (Phi) is 8.62. The molecule has 7 nitrogen and oxygen atoms in total. The highest BCUT2D eigenvalue weighted by Crippen LogP contribution is 2.37. The van der Waals surface area contributed by atoms with E-state index in [1.807, 2.05) is 19.2 Å². The van der Waals surface area contributed by atoms with E-state index < -0.39 is 16.9 Å². The Morgan fingerprint density at radius 3 is 2.53 bits per heavy atom. The summed E-state index contributed by atoms with van der Waals surface area (Å²) in [7, 11) is 5.42. The maximum absolute atomic E-state index is 12.4. The van der Waals surface area contributed by atoms with Crippen LogP contribution in [0.2, 0.25) is 0 Å². The van der Waals surface area contributed by atoms with Crippen molar-refractivity contribution in [1.82, 2.24) is 19.1 Å². The number of hydrogen-bond acceptors (Lipinski definition) is 4. The zero-order chi connectivity index (χ0) is 25.8. The normalized spacial score (nSPS) is 16.3. The Morgan fingerprint density at radius 1 is 1.11 bits per heavy atom. The lowest BCUT2D eigenvalue weighted by Gasteiger charge is -2.30. The summed E-state index contributed by atoms with van der Waals surface area (Å²) in [5.74, 6) is 0.590. The third-order valence-corrected chi connectivity index (χ3v) is 8.59. The zero-order valence-corrected chi connectivity index (χ0v) is 22.7. The maximum Gasteiger partial charge on any atom is 0.250 e. The molecule has 1 atom stereocenters. The number of fused-ring (bicyclic) bond motifs is 1. The van der Waals surface area contributed by atoms with Gasteiger partial charge in [-0.2, -0.15) is 0 Å². The van der Waals surface area contributed by atoms with Crippen molar-refractivity contribution in [3.8, 4) is 11.1 Å². The molecule has 2 aromatic carbocycles. The number of aromatic amines is 1. The van der Waals surface area contributed by atoms with Gasteiger partial charge in [0.05, 0.1) is 22.1 Å². The van der Waals surface area contributed by atoms with Crippen LogP contribution >= 0.6 is 0 Å². The molecule has 1 unspecified atom stereocenters. The second-order valence-corrected chi connectivity index (χ2v) is 11.8. The summed E-state index contributed by atoms with van der Waals surface area (Å²) >= 11 is 0.